The Morgan fingerprint density at radius 2 is 2.12 bits per heavy atom. The molecule has 17 heavy (non-hydrogen) atoms. The van der Waals surface area contributed by atoms with E-state index in [-0.39, 0.29) is 17.7 Å². The number of nitrogens with zero attached hydrogens (tertiary/aromatic N) is 1. The molecule has 0 saturated carbocycles. The summed E-state index contributed by atoms with van der Waals surface area (Å²) in [7, 11) is 1.54. The van der Waals surface area contributed by atoms with Crippen LogP contribution in [0.25, 0.3) is 10.9 Å². The molecule has 0 aliphatic heterocycles. The van der Waals surface area contributed by atoms with E-state index in [1.54, 1.807) is 12.1 Å². The van der Waals surface area contributed by atoms with Crippen molar-refractivity contribution in [1.29, 1.82) is 0 Å². The second-order valence-electron chi connectivity index (χ2n) is 3.81. The lowest BCUT2D eigenvalue weighted by Gasteiger charge is -2.09. The van der Waals surface area contributed by atoms with E-state index < -0.39 is 5.97 Å². The molecule has 5 nitrogen and oxygen atoms in total. The van der Waals surface area contributed by atoms with Crippen LogP contribution in [0.3, 0.4) is 0 Å². The van der Waals surface area contributed by atoms with E-state index in [0.717, 1.165) is 0 Å². The summed E-state index contributed by atoms with van der Waals surface area (Å²) in [5, 5.41) is 19.1. The van der Waals surface area contributed by atoms with E-state index in [4.69, 9.17) is 5.11 Å². The SMILES string of the molecule is Cn1c(=O)cc(CC(=O)O)c2cccc(O)c21. The van der Waals surface area contributed by atoms with Gasteiger partial charge in [0, 0.05) is 18.5 Å². The van der Waals surface area contributed by atoms with Crippen molar-refractivity contribution < 1.29 is 15.0 Å². The number of hydrogen-bond donors (Lipinski definition) is 2. The van der Waals surface area contributed by atoms with Gasteiger partial charge in [-0.3, -0.25) is 9.59 Å². The first-order chi connectivity index (χ1) is 8.00. The van der Waals surface area contributed by atoms with E-state index in [2.05, 4.69) is 0 Å². The molecular weight excluding hydrogens is 222 g/mol. The summed E-state index contributed by atoms with van der Waals surface area (Å²) in [6, 6.07) is 6.06. The van der Waals surface area contributed by atoms with Gasteiger partial charge in [0.25, 0.3) is 5.56 Å². The first-order valence-electron chi connectivity index (χ1n) is 5.03. The Balaban J connectivity index is 2.87. The van der Waals surface area contributed by atoms with E-state index in [9.17, 15) is 14.7 Å². The molecule has 0 radical (unpaired) electrons. The van der Waals surface area contributed by atoms with E-state index in [1.807, 2.05) is 0 Å². The minimum absolute atomic E-state index is 0.0330. The molecule has 1 aromatic carbocycles. The minimum Gasteiger partial charge on any atom is -0.506 e. The maximum atomic E-state index is 11.6. The molecule has 0 aliphatic carbocycles. The largest absolute Gasteiger partial charge is 0.506 e. The van der Waals surface area contributed by atoms with Crippen molar-refractivity contribution in [3.05, 3.63) is 40.2 Å². The van der Waals surface area contributed by atoms with E-state index in [1.165, 1.54) is 23.7 Å². The Morgan fingerprint density at radius 3 is 2.76 bits per heavy atom. The monoisotopic (exact) mass is 233 g/mol. The van der Waals surface area contributed by atoms with Crippen molar-refractivity contribution in [3.63, 3.8) is 0 Å². The number of rotatable bonds is 2. The second-order valence-corrected chi connectivity index (χ2v) is 3.81. The average molecular weight is 233 g/mol. The molecule has 5 heteroatoms. The normalized spacial score (nSPS) is 10.6. The van der Waals surface area contributed by atoms with Gasteiger partial charge in [-0.15, -0.1) is 0 Å². The summed E-state index contributed by atoms with van der Waals surface area (Å²) >= 11 is 0. The maximum Gasteiger partial charge on any atom is 0.307 e. The third-order valence-electron chi connectivity index (χ3n) is 2.67. The molecule has 88 valence electrons. The second kappa shape index (κ2) is 3.93. The molecule has 0 unspecified atom stereocenters. The minimum atomic E-state index is -1.01. The summed E-state index contributed by atoms with van der Waals surface area (Å²) in [6.45, 7) is 0. The number of fused-ring (bicyclic) bond motifs is 1. The van der Waals surface area contributed by atoms with E-state index in [0.29, 0.717) is 16.5 Å². The highest BCUT2D eigenvalue weighted by Gasteiger charge is 2.11. The van der Waals surface area contributed by atoms with Crippen molar-refractivity contribution in [2.24, 2.45) is 7.05 Å². The molecule has 0 atom stereocenters. The van der Waals surface area contributed by atoms with Crippen LogP contribution >= 0.6 is 0 Å². The summed E-state index contributed by atoms with van der Waals surface area (Å²) in [4.78, 5) is 22.4. The molecule has 0 saturated heterocycles. The number of aromatic nitrogens is 1. The Kier molecular flexibility index (Phi) is 2.59. The summed E-state index contributed by atoms with van der Waals surface area (Å²) in [6.07, 6.45) is -0.240. The number of benzene rings is 1. The van der Waals surface area contributed by atoms with Crippen LogP contribution in [0, 0.1) is 0 Å². The topological polar surface area (TPSA) is 79.5 Å². The summed E-state index contributed by atoms with van der Waals surface area (Å²) < 4.78 is 1.30. The lowest BCUT2D eigenvalue weighted by molar-refractivity contribution is -0.136. The first kappa shape index (κ1) is 11.2. The van der Waals surface area contributed by atoms with Gasteiger partial charge in [0.1, 0.15) is 5.75 Å². The zero-order valence-corrected chi connectivity index (χ0v) is 9.17. The third-order valence-corrected chi connectivity index (χ3v) is 2.67. The Hall–Kier alpha value is -2.30. The van der Waals surface area contributed by atoms with Crippen molar-refractivity contribution in [2.45, 2.75) is 6.42 Å². The van der Waals surface area contributed by atoms with Crippen LogP contribution in [0.15, 0.2) is 29.1 Å². The van der Waals surface area contributed by atoms with E-state index >= 15 is 0 Å². The Morgan fingerprint density at radius 1 is 1.41 bits per heavy atom. The molecular formula is C12H11NO4. The maximum absolute atomic E-state index is 11.6. The van der Waals surface area contributed by atoms with Crippen LogP contribution in [0.2, 0.25) is 0 Å². The van der Waals surface area contributed by atoms with Crippen molar-refractivity contribution in [3.8, 4) is 5.75 Å². The fraction of sp³-hybridized carbons (Fsp3) is 0.167. The molecule has 0 bridgehead atoms. The van der Waals surface area contributed by atoms with Crippen LogP contribution in [0.4, 0.5) is 0 Å². The number of phenols is 1. The molecule has 2 rings (SSSR count). The van der Waals surface area contributed by atoms with Gasteiger partial charge in [-0.1, -0.05) is 12.1 Å². The number of phenolic OH excluding ortho intramolecular Hbond substituents is 1. The number of pyridine rings is 1. The Labute approximate surface area is 96.5 Å². The van der Waals surface area contributed by atoms with Gasteiger partial charge >= 0.3 is 5.97 Å². The predicted octanol–water partition coefficient (Wildman–Crippen LogP) is 0.871. The molecule has 0 amide bonds. The summed E-state index contributed by atoms with van der Waals surface area (Å²) in [5.74, 6) is -1.04. The van der Waals surface area contributed by atoms with Crippen LogP contribution < -0.4 is 5.56 Å². The number of carboxylic acids is 1. The predicted molar refractivity (Wildman–Crippen MR) is 62.2 cm³/mol. The third kappa shape index (κ3) is 1.87. The van der Waals surface area contributed by atoms with Gasteiger partial charge in [0.15, 0.2) is 0 Å². The fourth-order valence-electron chi connectivity index (χ4n) is 1.89. The molecule has 0 fully saturated rings. The summed E-state index contributed by atoms with van der Waals surface area (Å²) in [5.41, 5.74) is 0.429. The lowest BCUT2D eigenvalue weighted by Crippen LogP contribution is -2.18. The number of hydrogen-bond acceptors (Lipinski definition) is 3. The van der Waals surface area contributed by atoms with Gasteiger partial charge in [0.05, 0.1) is 11.9 Å². The quantitative estimate of drug-likeness (QED) is 0.806. The van der Waals surface area contributed by atoms with Crippen molar-refractivity contribution in [2.75, 3.05) is 0 Å². The highest BCUT2D eigenvalue weighted by atomic mass is 16.4. The van der Waals surface area contributed by atoms with Gasteiger partial charge in [-0.25, -0.2) is 0 Å². The Bertz CT molecular complexity index is 657. The molecule has 2 aromatic rings. The van der Waals surface area contributed by atoms with Gasteiger partial charge in [-0.2, -0.15) is 0 Å². The number of aliphatic carboxylic acids is 1. The molecule has 0 spiro atoms. The van der Waals surface area contributed by atoms with Crippen molar-refractivity contribution in [1.82, 2.24) is 4.57 Å². The van der Waals surface area contributed by atoms with Crippen LogP contribution in [-0.4, -0.2) is 20.7 Å². The zero-order chi connectivity index (χ0) is 12.6. The average Bonchev–Trinajstić information content (AvgIpc) is 2.24. The number of carboxylic acid groups (broad SMARTS) is 1. The highest BCUT2D eigenvalue weighted by Crippen LogP contribution is 2.25. The molecule has 1 aromatic heterocycles. The standard InChI is InChI=1S/C12H11NO4/c1-13-10(15)5-7(6-11(16)17)8-3-2-4-9(14)12(8)13/h2-5,14H,6H2,1H3,(H,16,17). The number of aryl methyl sites for hydroxylation is 1. The number of aromatic hydroxyl groups is 1. The van der Waals surface area contributed by atoms with Crippen LogP contribution in [0.5, 0.6) is 5.75 Å². The zero-order valence-electron chi connectivity index (χ0n) is 9.17. The molecule has 1 heterocycles. The first-order valence-corrected chi connectivity index (χ1v) is 5.03. The number of carbonyl (C=O) groups is 1. The van der Waals surface area contributed by atoms with Crippen LogP contribution in [-0.2, 0) is 18.3 Å². The lowest BCUT2D eigenvalue weighted by atomic mass is 10.1. The van der Waals surface area contributed by atoms with Gasteiger partial charge in [0.2, 0.25) is 0 Å². The fourth-order valence-corrected chi connectivity index (χ4v) is 1.89. The highest BCUT2D eigenvalue weighted by molar-refractivity contribution is 5.90. The van der Waals surface area contributed by atoms with Gasteiger partial charge < -0.3 is 14.8 Å². The molecule has 0 aliphatic rings. The molecule has 2 N–H and O–H groups in total. The smallest absolute Gasteiger partial charge is 0.307 e. The number of para-hydroxylation sites is 1. The van der Waals surface area contributed by atoms with Gasteiger partial charge in [-0.05, 0) is 11.6 Å². The van der Waals surface area contributed by atoms with Crippen LogP contribution in [0.1, 0.15) is 5.56 Å². The van der Waals surface area contributed by atoms with Crippen molar-refractivity contribution >= 4 is 16.9 Å².